The quantitative estimate of drug-likeness (QED) is 0.813. The first-order valence-corrected chi connectivity index (χ1v) is 7.51. The molecule has 2 nitrogen and oxygen atoms in total. The molecular formula is C15H30N2. The van der Waals surface area contributed by atoms with E-state index in [1.807, 2.05) is 0 Å². The fourth-order valence-electron chi connectivity index (χ4n) is 2.92. The zero-order valence-electron chi connectivity index (χ0n) is 12.0. The van der Waals surface area contributed by atoms with Gasteiger partial charge in [0.1, 0.15) is 0 Å². The number of rotatable bonds is 3. The minimum Gasteiger partial charge on any atom is -0.312 e. The number of hydrogen-bond donors (Lipinski definition) is 1. The number of nitrogens with one attached hydrogen (secondary N) is 1. The molecular weight excluding hydrogens is 208 g/mol. The summed E-state index contributed by atoms with van der Waals surface area (Å²) in [5.41, 5.74) is 0.388. The first-order valence-electron chi connectivity index (χ1n) is 7.51. The zero-order valence-corrected chi connectivity index (χ0v) is 12.0. The van der Waals surface area contributed by atoms with Gasteiger partial charge in [0.25, 0.3) is 0 Å². The molecule has 1 N–H and O–H groups in total. The van der Waals surface area contributed by atoms with Crippen LogP contribution in [0.1, 0.15) is 52.9 Å². The summed E-state index contributed by atoms with van der Waals surface area (Å²) in [4.78, 5) is 2.70. The summed E-state index contributed by atoms with van der Waals surface area (Å²) in [5, 5.41) is 3.73. The van der Waals surface area contributed by atoms with Gasteiger partial charge in [-0.3, -0.25) is 0 Å². The van der Waals surface area contributed by atoms with Crippen LogP contribution in [0.2, 0.25) is 0 Å². The second-order valence-electron chi connectivity index (χ2n) is 7.11. The van der Waals surface area contributed by atoms with Crippen molar-refractivity contribution in [2.24, 2.45) is 11.3 Å². The molecule has 0 radical (unpaired) electrons. The molecule has 1 saturated heterocycles. The highest BCUT2D eigenvalue weighted by atomic mass is 15.2. The highest BCUT2D eigenvalue weighted by Gasteiger charge is 2.28. The van der Waals surface area contributed by atoms with Crippen molar-refractivity contribution in [3.63, 3.8) is 0 Å². The van der Waals surface area contributed by atoms with Crippen LogP contribution in [0.5, 0.6) is 0 Å². The molecule has 1 aliphatic carbocycles. The van der Waals surface area contributed by atoms with Gasteiger partial charge in [0, 0.05) is 12.6 Å². The normalized spacial score (nSPS) is 28.8. The summed E-state index contributed by atoms with van der Waals surface area (Å²) in [6, 6.07) is 0.659. The molecule has 0 aromatic rings. The summed E-state index contributed by atoms with van der Waals surface area (Å²) in [6.45, 7) is 12.2. The number of hydrogen-bond acceptors (Lipinski definition) is 2. The summed E-state index contributed by atoms with van der Waals surface area (Å²) >= 11 is 0. The summed E-state index contributed by atoms with van der Waals surface area (Å²) in [7, 11) is 0. The van der Waals surface area contributed by atoms with Crippen molar-refractivity contribution >= 4 is 0 Å². The van der Waals surface area contributed by atoms with Crippen molar-refractivity contribution in [1.29, 1.82) is 0 Å². The topological polar surface area (TPSA) is 15.3 Å². The van der Waals surface area contributed by atoms with Gasteiger partial charge in [0.05, 0.1) is 0 Å². The Morgan fingerprint density at radius 2 is 1.94 bits per heavy atom. The molecule has 1 heterocycles. The lowest BCUT2D eigenvalue weighted by atomic mass is 9.82. The molecule has 1 atom stereocenters. The van der Waals surface area contributed by atoms with Gasteiger partial charge in [-0.2, -0.15) is 0 Å². The molecule has 2 rings (SSSR count). The van der Waals surface area contributed by atoms with Gasteiger partial charge in [-0.15, -0.1) is 0 Å². The van der Waals surface area contributed by atoms with Crippen LogP contribution in [0.4, 0.5) is 0 Å². The van der Waals surface area contributed by atoms with Gasteiger partial charge < -0.3 is 10.2 Å². The molecule has 17 heavy (non-hydrogen) atoms. The standard InChI is InChI=1S/C15H30N2/c1-15(2,3)14-12-17(10-5-9-16-14)11-8-13-6-4-7-13/h13-14,16H,4-12H2,1-3H3. The molecule has 0 aromatic carbocycles. The van der Waals surface area contributed by atoms with E-state index in [0.717, 1.165) is 5.92 Å². The molecule has 2 heteroatoms. The molecule has 0 spiro atoms. The molecule has 2 aliphatic rings. The second-order valence-corrected chi connectivity index (χ2v) is 7.11. The maximum Gasteiger partial charge on any atom is 0.0243 e. The Morgan fingerprint density at radius 1 is 1.18 bits per heavy atom. The Bertz CT molecular complexity index is 228. The molecule has 1 saturated carbocycles. The van der Waals surface area contributed by atoms with E-state index in [1.54, 1.807) is 0 Å². The van der Waals surface area contributed by atoms with Crippen molar-refractivity contribution in [3.8, 4) is 0 Å². The Balaban J connectivity index is 1.79. The SMILES string of the molecule is CC(C)(C)C1CN(CCC2CCC2)CCCN1. The maximum absolute atomic E-state index is 3.73. The van der Waals surface area contributed by atoms with Crippen LogP contribution in [-0.2, 0) is 0 Å². The summed E-state index contributed by atoms with van der Waals surface area (Å²) < 4.78 is 0. The van der Waals surface area contributed by atoms with Crippen LogP contribution in [0.3, 0.4) is 0 Å². The minimum absolute atomic E-state index is 0.388. The average molecular weight is 238 g/mol. The van der Waals surface area contributed by atoms with Crippen molar-refractivity contribution in [1.82, 2.24) is 10.2 Å². The van der Waals surface area contributed by atoms with Gasteiger partial charge in [0.15, 0.2) is 0 Å². The van der Waals surface area contributed by atoms with Crippen LogP contribution in [0.25, 0.3) is 0 Å². The first kappa shape index (κ1) is 13.4. The van der Waals surface area contributed by atoms with E-state index in [9.17, 15) is 0 Å². The average Bonchev–Trinajstić information content (AvgIpc) is 2.40. The summed E-state index contributed by atoms with van der Waals surface area (Å²) in [6.07, 6.45) is 7.23. The third kappa shape index (κ3) is 3.96. The maximum atomic E-state index is 3.73. The van der Waals surface area contributed by atoms with Gasteiger partial charge in [-0.25, -0.2) is 0 Å². The Labute approximate surface area is 107 Å². The molecule has 1 unspecified atom stereocenters. The van der Waals surface area contributed by atoms with Crippen LogP contribution >= 0.6 is 0 Å². The highest BCUT2D eigenvalue weighted by Crippen LogP contribution is 2.30. The predicted octanol–water partition coefficient (Wildman–Crippen LogP) is 2.89. The second kappa shape index (κ2) is 5.71. The fourth-order valence-corrected chi connectivity index (χ4v) is 2.92. The van der Waals surface area contributed by atoms with E-state index in [2.05, 4.69) is 31.0 Å². The van der Waals surface area contributed by atoms with Crippen molar-refractivity contribution in [2.75, 3.05) is 26.2 Å². The van der Waals surface area contributed by atoms with Crippen molar-refractivity contribution in [2.45, 2.75) is 58.9 Å². The lowest BCUT2D eigenvalue weighted by molar-refractivity contribution is 0.175. The van der Waals surface area contributed by atoms with E-state index in [1.165, 1.54) is 58.3 Å². The first-order chi connectivity index (χ1) is 8.05. The molecule has 2 fully saturated rings. The predicted molar refractivity (Wildman–Crippen MR) is 74.3 cm³/mol. The largest absolute Gasteiger partial charge is 0.312 e. The van der Waals surface area contributed by atoms with E-state index in [4.69, 9.17) is 0 Å². The van der Waals surface area contributed by atoms with Gasteiger partial charge in [-0.1, -0.05) is 40.0 Å². The van der Waals surface area contributed by atoms with Crippen LogP contribution < -0.4 is 5.32 Å². The third-order valence-electron chi connectivity index (χ3n) is 4.61. The van der Waals surface area contributed by atoms with E-state index < -0.39 is 0 Å². The third-order valence-corrected chi connectivity index (χ3v) is 4.61. The van der Waals surface area contributed by atoms with Gasteiger partial charge in [0.2, 0.25) is 0 Å². The van der Waals surface area contributed by atoms with E-state index >= 15 is 0 Å². The smallest absolute Gasteiger partial charge is 0.0243 e. The van der Waals surface area contributed by atoms with E-state index in [0.29, 0.717) is 11.5 Å². The molecule has 1 aliphatic heterocycles. The lowest BCUT2D eigenvalue weighted by Crippen LogP contribution is -2.46. The Hall–Kier alpha value is -0.0800. The molecule has 0 aromatic heterocycles. The monoisotopic (exact) mass is 238 g/mol. The van der Waals surface area contributed by atoms with E-state index in [-0.39, 0.29) is 0 Å². The van der Waals surface area contributed by atoms with Crippen molar-refractivity contribution < 1.29 is 0 Å². The lowest BCUT2D eigenvalue weighted by Gasteiger charge is -2.35. The summed E-state index contributed by atoms with van der Waals surface area (Å²) in [5.74, 6) is 1.05. The van der Waals surface area contributed by atoms with Gasteiger partial charge >= 0.3 is 0 Å². The highest BCUT2D eigenvalue weighted by molar-refractivity contribution is 4.86. The minimum atomic E-state index is 0.388. The van der Waals surface area contributed by atoms with Crippen molar-refractivity contribution in [3.05, 3.63) is 0 Å². The fraction of sp³-hybridized carbons (Fsp3) is 1.00. The Kier molecular flexibility index (Phi) is 4.48. The van der Waals surface area contributed by atoms with Crippen LogP contribution in [0, 0.1) is 11.3 Å². The number of nitrogens with zero attached hydrogens (tertiary/aromatic N) is 1. The van der Waals surface area contributed by atoms with Crippen LogP contribution in [0.15, 0.2) is 0 Å². The Morgan fingerprint density at radius 3 is 2.53 bits per heavy atom. The molecule has 100 valence electrons. The zero-order chi connectivity index (χ0) is 12.3. The van der Waals surface area contributed by atoms with Crippen LogP contribution in [-0.4, -0.2) is 37.1 Å². The molecule has 0 bridgehead atoms. The molecule has 0 amide bonds. The van der Waals surface area contributed by atoms with Gasteiger partial charge in [-0.05, 0) is 43.8 Å².